The SMILES string of the molecule is O=c1cnc2ccccc2n1Cc1ccc(-c2cnc3occc3c2)cc1F. The van der Waals surface area contributed by atoms with Crippen LogP contribution in [0.15, 0.2) is 82.5 Å². The van der Waals surface area contributed by atoms with Gasteiger partial charge in [0.2, 0.25) is 5.71 Å². The summed E-state index contributed by atoms with van der Waals surface area (Å²) >= 11 is 0. The second-order valence-corrected chi connectivity index (χ2v) is 6.52. The van der Waals surface area contributed by atoms with E-state index < -0.39 is 0 Å². The molecule has 5 nitrogen and oxygen atoms in total. The molecule has 0 fully saturated rings. The predicted octanol–water partition coefficient (Wildman–Crippen LogP) is 4.39. The summed E-state index contributed by atoms with van der Waals surface area (Å²) in [7, 11) is 0. The lowest BCUT2D eigenvalue weighted by Crippen LogP contribution is -2.21. The Kier molecular flexibility index (Phi) is 3.76. The van der Waals surface area contributed by atoms with Crippen molar-refractivity contribution in [3.05, 3.63) is 95.0 Å². The van der Waals surface area contributed by atoms with Crippen LogP contribution in [0.25, 0.3) is 33.3 Å². The van der Waals surface area contributed by atoms with E-state index in [9.17, 15) is 9.18 Å². The molecule has 0 saturated heterocycles. The Bertz CT molecular complexity index is 1390. The summed E-state index contributed by atoms with van der Waals surface area (Å²) in [6.07, 6.45) is 4.49. The van der Waals surface area contributed by atoms with Gasteiger partial charge in [-0.2, -0.15) is 0 Å². The highest BCUT2D eigenvalue weighted by molar-refractivity contribution is 5.80. The molecule has 0 bridgehead atoms. The predicted molar refractivity (Wildman–Crippen MR) is 105 cm³/mol. The largest absolute Gasteiger partial charge is 0.446 e. The lowest BCUT2D eigenvalue weighted by Gasteiger charge is -2.11. The van der Waals surface area contributed by atoms with E-state index in [4.69, 9.17) is 4.42 Å². The Hall–Kier alpha value is -3.80. The van der Waals surface area contributed by atoms with E-state index in [1.807, 2.05) is 42.5 Å². The smallest absolute Gasteiger partial charge is 0.269 e. The third-order valence-electron chi connectivity index (χ3n) is 4.77. The minimum Gasteiger partial charge on any atom is -0.446 e. The van der Waals surface area contributed by atoms with Crippen LogP contribution >= 0.6 is 0 Å². The summed E-state index contributed by atoms with van der Waals surface area (Å²) in [5, 5.41) is 0.858. The summed E-state index contributed by atoms with van der Waals surface area (Å²) in [6.45, 7) is 0.132. The van der Waals surface area contributed by atoms with Crippen LogP contribution in [0.4, 0.5) is 4.39 Å². The molecule has 6 heteroatoms. The van der Waals surface area contributed by atoms with Crippen molar-refractivity contribution < 1.29 is 8.81 Å². The summed E-state index contributed by atoms with van der Waals surface area (Å²) in [4.78, 5) is 20.7. The minimum atomic E-state index is -0.377. The van der Waals surface area contributed by atoms with Gasteiger partial charge in [-0.05, 0) is 35.9 Å². The Morgan fingerprint density at radius 2 is 1.86 bits per heavy atom. The van der Waals surface area contributed by atoms with Crippen LogP contribution in [0, 0.1) is 5.82 Å². The van der Waals surface area contributed by atoms with Crippen molar-refractivity contribution in [1.82, 2.24) is 14.5 Å². The normalized spacial score (nSPS) is 11.3. The molecule has 0 atom stereocenters. The van der Waals surface area contributed by atoms with Crippen LogP contribution in [-0.4, -0.2) is 14.5 Å². The molecule has 0 unspecified atom stereocenters. The van der Waals surface area contributed by atoms with Gasteiger partial charge in [0.15, 0.2) is 0 Å². The number of nitrogens with zero attached hydrogens (tertiary/aromatic N) is 3. The topological polar surface area (TPSA) is 60.9 Å². The average molecular weight is 371 g/mol. The molecule has 0 N–H and O–H groups in total. The van der Waals surface area contributed by atoms with E-state index >= 15 is 0 Å². The number of halogens is 1. The number of benzene rings is 2. The van der Waals surface area contributed by atoms with Crippen LogP contribution in [0.3, 0.4) is 0 Å². The standard InChI is InChI=1S/C22H14FN3O2/c23-18-10-14(17-9-15-7-8-28-22(15)25-11-17)5-6-16(18)13-26-20-4-2-1-3-19(20)24-12-21(26)27/h1-12H,13H2. The maximum absolute atomic E-state index is 14.8. The molecule has 0 aliphatic heterocycles. The molecule has 136 valence electrons. The number of furan rings is 1. The van der Waals surface area contributed by atoms with Crippen molar-refractivity contribution in [1.29, 1.82) is 0 Å². The minimum absolute atomic E-state index is 0.132. The van der Waals surface area contributed by atoms with Crippen molar-refractivity contribution in [3.63, 3.8) is 0 Å². The van der Waals surface area contributed by atoms with Gasteiger partial charge in [-0.15, -0.1) is 0 Å². The van der Waals surface area contributed by atoms with Gasteiger partial charge in [-0.25, -0.2) is 14.4 Å². The highest BCUT2D eigenvalue weighted by Gasteiger charge is 2.10. The first kappa shape index (κ1) is 16.4. The maximum atomic E-state index is 14.8. The van der Waals surface area contributed by atoms with Gasteiger partial charge in [-0.1, -0.05) is 24.3 Å². The zero-order valence-corrected chi connectivity index (χ0v) is 14.7. The van der Waals surface area contributed by atoms with Crippen molar-refractivity contribution in [2.75, 3.05) is 0 Å². The van der Waals surface area contributed by atoms with E-state index in [2.05, 4.69) is 9.97 Å². The Morgan fingerprint density at radius 3 is 2.75 bits per heavy atom. The van der Waals surface area contributed by atoms with E-state index in [0.717, 1.165) is 10.9 Å². The number of aromatic nitrogens is 3. The Morgan fingerprint density at radius 1 is 0.964 bits per heavy atom. The van der Waals surface area contributed by atoms with Gasteiger partial charge in [0.1, 0.15) is 5.82 Å². The maximum Gasteiger partial charge on any atom is 0.269 e. The fourth-order valence-electron chi connectivity index (χ4n) is 3.32. The number of hydrogen-bond donors (Lipinski definition) is 0. The van der Waals surface area contributed by atoms with Crippen molar-refractivity contribution in [2.45, 2.75) is 6.54 Å². The zero-order chi connectivity index (χ0) is 19.1. The Balaban J connectivity index is 1.54. The van der Waals surface area contributed by atoms with Gasteiger partial charge in [0.25, 0.3) is 5.56 Å². The van der Waals surface area contributed by atoms with Gasteiger partial charge >= 0.3 is 0 Å². The van der Waals surface area contributed by atoms with Crippen molar-refractivity contribution in [2.24, 2.45) is 0 Å². The first-order valence-corrected chi connectivity index (χ1v) is 8.76. The van der Waals surface area contributed by atoms with Crippen LogP contribution in [-0.2, 0) is 6.54 Å². The van der Waals surface area contributed by atoms with Crippen LogP contribution in [0.5, 0.6) is 0 Å². The molecule has 2 aromatic carbocycles. The quantitative estimate of drug-likeness (QED) is 0.472. The van der Waals surface area contributed by atoms with Gasteiger partial charge in [0, 0.05) is 22.7 Å². The van der Waals surface area contributed by atoms with E-state index in [1.54, 1.807) is 18.5 Å². The van der Waals surface area contributed by atoms with Crippen LogP contribution in [0.2, 0.25) is 0 Å². The molecule has 28 heavy (non-hydrogen) atoms. The second-order valence-electron chi connectivity index (χ2n) is 6.52. The first-order chi connectivity index (χ1) is 13.7. The molecule has 5 rings (SSSR count). The summed E-state index contributed by atoms with van der Waals surface area (Å²) in [5.41, 5.74) is 3.59. The second kappa shape index (κ2) is 6.42. The molecule has 0 amide bonds. The number of fused-ring (bicyclic) bond motifs is 2. The van der Waals surface area contributed by atoms with E-state index in [-0.39, 0.29) is 17.9 Å². The van der Waals surface area contributed by atoms with E-state index in [1.165, 1.54) is 16.8 Å². The van der Waals surface area contributed by atoms with Gasteiger partial charge < -0.3 is 8.98 Å². The fourth-order valence-corrected chi connectivity index (χ4v) is 3.32. The van der Waals surface area contributed by atoms with Crippen LogP contribution in [0.1, 0.15) is 5.56 Å². The number of pyridine rings is 1. The third kappa shape index (κ3) is 2.75. The van der Waals surface area contributed by atoms with E-state index in [0.29, 0.717) is 27.9 Å². The lowest BCUT2D eigenvalue weighted by atomic mass is 10.0. The zero-order valence-electron chi connectivity index (χ0n) is 14.7. The monoisotopic (exact) mass is 371 g/mol. The highest BCUT2D eigenvalue weighted by Crippen LogP contribution is 2.25. The molecule has 3 aromatic heterocycles. The molecule has 3 heterocycles. The van der Waals surface area contributed by atoms with Crippen molar-refractivity contribution in [3.8, 4) is 11.1 Å². The molecular formula is C22H14FN3O2. The van der Waals surface area contributed by atoms with Crippen LogP contribution < -0.4 is 5.56 Å². The third-order valence-corrected chi connectivity index (χ3v) is 4.77. The summed E-state index contributed by atoms with van der Waals surface area (Å²) < 4.78 is 21.6. The molecule has 0 aliphatic rings. The summed E-state index contributed by atoms with van der Waals surface area (Å²) in [6, 6.07) is 16.0. The number of para-hydroxylation sites is 2. The first-order valence-electron chi connectivity index (χ1n) is 8.76. The molecule has 0 spiro atoms. The molecule has 0 radical (unpaired) electrons. The molecule has 0 saturated carbocycles. The van der Waals surface area contributed by atoms with Crippen molar-refractivity contribution >= 4 is 22.1 Å². The Labute approximate surface area is 158 Å². The van der Waals surface area contributed by atoms with Gasteiger partial charge in [0.05, 0.1) is 30.0 Å². The molecular weight excluding hydrogens is 357 g/mol. The fraction of sp³-hybridized carbons (Fsp3) is 0.0455. The highest BCUT2D eigenvalue weighted by atomic mass is 19.1. The number of rotatable bonds is 3. The van der Waals surface area contributed by atoms with Gasteiger partial charge in [-0.3, -0.25) is 4.79 Å². The molecule has 5 aromatic rings. The summed E-state index contributed by atoms with van der Waals surface area (Å²) in [5.74, 6) is -0.377. The molecule has 0 aliphatic carbocycles. The number of hydrogen-bond acceptors (Lipinski definition) is 4. The lowest BCUT2D eigenvalue weighted by molar-refractivity contribution is 0.599. The average Bonchev–Trinajstić information content (AvgIpc) is 3.19.